The summed E-state index contributed by atoms with van der Waals surface area (Å²) in [5, 5.41) is 2.55. The molecule has 0 fully saturated rings. The van der Waals surface area contributed by atoms with Gasteiger partial charge in [-0.25, -0.2) is 0 Å². The third-order valence-electron chi connectivity index (χ3n) is 3.49. The van der Waals surface area contributed by atoms with Gasteiger partial charge in [-0.3, -0.25) is 9.59 Å². The predicted octanol–water partition coefficient (Wildman–Crippen LogP) is 3.77. The second-order valence-electron chi connectivity index (χ2n) is 5.33. The van der Waals surface area contributed by atoms with Crippen LogP contribution in [0.15, 0.2) is 36.4 Å². The van der Waals surface area contributed by atoms with Gasteiger partial charge < -0.3 is 19.5 Å². The van der Waals surface area contributed by atoms with E-state index in [9.17, 15) is 22.8 Å². The van der Waals surface area contributed by atoms with E-state index in [1.807, 2.05) is 0 Å². The predicted molar refractivity (Wildman–Crippen MR) is 83.6 cm³/mol. The highest BCUT2D eigenvalue weighted by Gasteiger charge is 2.31. The van der Waals surface area contributed by atoms with Gasteiger partial charge in [-0.1, -0.05) is 0 Å². The van der Waals surface area contributed by atoms with Gasteiger partial charge in [0.1, 0.15) is 5.75 Å². The Bertz CT molecular complexity index is 862. The maximum atomic E-state index is 12.3. The number of amides is 1. The highest BCUT2D eigenvalue weighted by molar-refractivity contribution is 6.09. The average molecular weight is 367 g/mol. The summed E-state index contributed by atoms with van der Waals surface area (Å²) in [6, 6.07) is 7.31. The molecule has 1 heterocycles. The third kappa shape index (κ3) is 3.88. The summed E-state index contributed by atoms with van der Waals surface area (Å²) in [6.45, 7) is 1.33. The Labute approximate surface area is 145 Å². The molecule has 0 spiro atoms. The fraction of sp³-hybridized carbons (Fsp3) is 0.176. The van der Waals surface area contributed by atoms with Crippen molar-refractivity contribution in [1.29, 1.82) is 0 Å². The van der Waals surface area contributed by atoms with Gasteiger partial charge in [-0.05, 0) is 37.3 Å². The van der Waals surface area contributed by atoms with Crippen LogP contribution in [0.4, 0.5) is 18.9 Å². The lowest BCUT2D eigenvalue weighted by atomic mass is 10.1. The summed E-state index contributed by atoms with van der Waals surface area (Å²) < 4.78 is 50.6. The monoisotopic (exact) mass is 367 g/mol. The highest BCUT2D eigenvalue weighted by atomic mass is 19.4. The number of hydrogen-bond donors (Lipinski definition) is 1. The number of carbonyl (C=O) groups is 2. The van der Waals surface area contributed by atoms with Crippen molar-refractivity contribution < 1.29 is 37.0 Å². The maximum Gasteiger partial charge on any atom is 0.573 e. The summed E-state index contributed by atoms with van der Waals surface area (Å²) >= 11 is 0. The number of ketones is 1. The molecule has 2 aromatic rings. The van der Waals surface area contributed by atoms with E-state index in [0.717, 1.165) is 12.1 Å². The zero-order chi connectivity index (χ0) is 18.9. The minimum atomic E-state index is -4.81. The number of nitrogens with one attached hydrogen (secondary N) is 1. The largest absolute Gasteiger partial charge is 0.573 e. The molecule has 6 nitrogen and oxygen atoms in total. The molecule has 2 aromatic carbocycles. The van der Waals surface area contributed by atoms with Crippen LogP contribution in [0, 0.1) is 0 Å². The molecule has 0 aromatic heterocycles. The maximum absolute atomic E-state index is 12.3. The van der Waals surface area contributed by atoms with E-state index >= 15 is 0 Å². The van der Waals surface area contributed by atoms with E-state index in [2.05, 4.69) is 10.1 Å². The minimum absolute atomic E-state index is 0.00471. The fourth-order valence-corrected chi connectivity index (χ4v) is 2.34. The Morgan fingerprint density at radius 3 is 2.27 bits per heavy atom. The van der Waals surface area contributed by atoms with Crippen LogP contribution in [0.5, 0.6) is 17.2 Å². The molecule has 0 saturated heterocycles. The zero-order valence-corrected chi connectivity index (χ0v) is 13.3. The number of anilines is 1. The first kappa shape index (κ1) is 17.6. The Balaban J connectivity index is 1.81. The van der Waals surface area contributed by atoms with E-state index in [0.29, 0.717) is 11.5 Å². The Kier molecular flexibility index (Phi) is 4.45. The van der Waals surface area contributed by atoms with Crippen molar-refractivity contribution in [3.8, 4) is 17.2 Å². The Morgan fingerprint density at radius 2 is 1.69 bits per heavy atom. The first-order valence-corrected chi connectivity index (χ1v) is 7.35. The number of Topliss-reactive ketones (excluding diaryl/α,β-unsaturated/α-hetero) is 1. The number of ether oxygens (including phenoxy) is 3. The van der Waals surface area contributed by atoms with Gasteiger partial charge in [0.05, 0.1) is 5.69 Å². The molecule has 0 bridgehead atoms. The summed E-state index contributed by atoms with van der Waals surface area (Å²) in [6.07, 6.45) is -4.81. The number of rotatable bonds is 4. The van der Waals surface area contributed by atoms with E-state index < -0.39 is 18.0 Å². The van der Waals surface area contributed by atoms with Gasteiger partial charge in [0.15, 0.2) is 17.3 Å². The average Bonchev–Trinajstić information content (AvgIpc) is 3.00. The Morgan fingerprint density at radius 1 is 1.08 bits per heavy atom. The molecule has 1 amide bonds. The van der Waals surface area contributed by atoms with Crippen LogP contribution in [0.1, 0.15) is 27.6 Å². The quantitative estimate of drug-likeness (QED) is 0.833. The lowest BCUT2D eigenvalue weighted by molar-refractivity contribution is -0.274. The van der Waals surface area contributed by atoms with Crippen molar-refractivity contribution in [3.63, 3.8) is 0 Å². The van der Waals surface area contributed by atoms with Crippen molar-refractivity contribution in [3.05, 3.63) is 47.5 Å². The number of hydrogen-bond acceptors (Lipinski definition) is 5. The molecule has 1 N–H and O–H groups in total. The van der Waals surface area contributed by atoms with Gasteiger partial charge in [0.2, 0.25) is 6.79 Å². The molecule has 0 unspecified atom stereocenters. The molecule has 26 heavy (non-hydrogen) atoms. The molecule has 0 radical (unpaired) electrons. The van der Waals surface area contributed by atoms with Crippen molar-refractivity contribution >= 4 is 17.4 Å². The third-order valence-corrected chi connectivity index (χ3v) is 3.49. The lowest BCUT2D eigenvalue weighted by Gasteiger charge is -2.12. The van der Waals surface area contributed by atoms with E-state index in [1.54, 1.807) is 0 Å². The molecule has 0 saturated carbocycles. The Hall–Kier alpha value is -3.23. The topological polar surface area (TPSA) is 73.9 Å². The van der Waals surface area contributed by atoms with Crippen LogP contribution in [0.25, 0.3) is 0 Å². The summed E-state index contributed by atoms with van der Waals surface area (Å²) in [7, 11) is 0. The van der Waals surface area contributed by atoms with Gasteiger partial charge in [0, 0.05) is 17.2 Å². The van der Waals surface area contributed by atoms with Crippen molar-refractivity contribution in [2.45, 2.75) is 13.3 Å². The molecule has 3 rings (SSSR count). The summed E-state index contributed by atoms with van der Waals surface area (Å²) in [5.41, 5.74) is 0.522. The SMILES string of the molecule is CC(=O)c1cc2c(cc1NC(=O)c1ccc(OC(F)(F)F)cc1)OCO2. The smallest absolute Gasteiger partial charge is 0.454 e. The second kappa shape index (κ2) is 6.58. The van der Waals surface area contributed by atoms with E-state index in [4.69, 9.17) is 9.47 Å². The van der Waals surface area contributed by atoms with Crippen LogP contribution < -0.4 is 19.5 Å². The molecular formula is C17H12F3NO5. The van der Waals surface area contributed by atoms with Crippen molar-refractivity contribution in [1.82, 2.24) is 0 Å². The lowest BCUT2D eigenvalue weighted by Crippen LogP contribution is -2.17. The zero-order valence-electron chi connectivity index (χ0n) is 13.3. The van der Waals surface area contributed by atoms with Crippen LogP contribution in [-0.4, -0.2) is 24.8 Å². The van der Waals surface area contributed by atoms with Crippen molar-refractivity contribution in [2.75, 3.05) is 12.1 Å². The molecule has 136 valence electrons. The van der Waals surface area contributed by atoms with Gasteiger partial charge >= 0.3 is 6.36 Å². The number of halogens is 3. The van der Waals surface area contributed by atoms with Crippen LogP contribution in [-0.2, 0) is 0 Å². The van der Waals surface area contributed by atoms with Crippen molar-refractivity contribution in [2.24, 2.45) is 0 Å². The highest BCUT2D eigenvalue weighted by Crippen LogP contribution is 2.37. The van der Waals surface area contributed by atoms with Crippen LogP contribution in [0.3, 0.4) is 0 Å². The van der Waals surface area contributed by atoms with Gasteiger partial charge in [-0.2, -0.15) is 0 Å². The van der Waals surface area contributed by atoms with Gasteiger partial charge in [0.25, 0.3) is 5.91 Å². The van der Waals surface area contributed by atoms with Crippen LogP contribution >= 0.6 is 0 Å². The van der Waals surface area contributed by atoms with E-state index in [-0.39, 0.29) is 29.4 Å². The first-order valence-electron chi connectivity index (χ1n) is 7.35. The molecule has 9 heteroatoms. The minimum Gasteiger partial charge on any atom is -0.454 e. The number of benzene rings is 2. The van der Waals surface area contributed by atoms with E-state index in [1.165, 1.54) is 31.2 Å². The van der Waals surface area contributed by atoms with Gasteiger partial charge in [-0.15, -0.1) is 13.2 Å². The fourth-order valence-electron chi connectivity index (χ4n) is 2.34. The molecule has 0 aliphatic carbocycles. The summed E-state index contributed by atoms with van der Waals surface area (Å²) in [5.74, 6) is -0.583. The second-order valence-corrected chi connectivity index (χ2v) is 5.33. The van der Waals surface area contributed by atoms with Crippen LogP contribution in [0.2, 0.25) is 0 Å². The standard InChI is InChI=1S/C17H12F3NO5/c1-9(22)12-6-14-15(25-8-24-14)7-13(12)21-16(23)10-2-4-11(5-3-10)26-17(18,19)20/h2-7H,8H2,1H3,(H,21,23). The molecular weight excluding hydrogens is 355 g/mol. The molecule has 0 atom stereocenters. The summed E-state index contributed by atoms with van der Waals surface area (Å²) in [4.78, 5) is 24.1. The molecule has 1 aliphatic heterocycles. The number of fused-ring (bicyclic) bond motifs is 1. The number of carbonyl (C=O) groups excluding carboxylic acids is 2. The molecule has 1 aliphatic rings. The normalized spacial score (nSPS) is 12.6. The first-order chi connectivity index (χ1) is 12.2. The number of alkyl halides is 3.